The number of aliphatic hydroxyl groups is 1. The maximum atomic E-state index is 13.4. The minimum atomic E-state index is -0.245. The summed E-state index contributed by atoms with van der Waals surface area (Å²) in [7, 11) is 4.16. The SMILES string of the molecule is CN(C)C[C@@H]1CN(Cc2c(-c3ccc(F)cc3)nc3ccccn23)C[C@@H]1CO. The van der Waals surface area contributed by atoms with Gasteiger partial charge in [0.15, 0.2) is 0 Å². The second-order valence-electron chi connectivity index (χ2n) is 8.00. The zero-order valence-corrected chi connectivity index (χ0v) is 16.4. The molecule has 28 heavy (non-hydrogen) atoms. The fraction of sp³-hybridized carbons (Fsp3) is 0.409. The number of fused-ring (bicyclic) bond motifs is 1. The van der Waals surface area contributed by atoms with Gasteiger partial charge in [0.05, 0.1) is 11.4 Å². The van der Waals surface area contributed by atoms with E-state index in [1.807, 2.05) is 24.4 Å². The molecule has 1 saturated heterocycles. The predicted octanol–water partition coefficient (Wildman–Crippen LogP) is 2.74. The van der Waals surface area contributed by atoms with Crippen molar-refractivity contribution in [2.24, 2.45) is 11.8 Å². The molecule has 2 aromatic heterocycles. The second kappa shape index (κ2) is 7.99. The molecule has 0 saturated carbocycles. The molecular formula is C22H27FN4O. The van der Waals surface area contributed by atoms with Crippen LogP contribution in [-0.4, -0.2) is 64.6 Å². The Morgan fingerprint density at radius 2 is 1.86 bits per heavy atom. The summed E-state index contributed by atoms with van der Waals surface area (Å²) in [4.78, 5) is 9.41. The van der Waals surface area contributed by atoms with Crippen molar-refractivity contribution in [2.45, 2.75) is 6.54 Å². The molecule has 0 radical (unpaired) electrons. The molecular weight excluding hydrogens is 355 g/mol. The van der Waals surface area contributed by atoms with Crippen LogP contribution >= 0.6 is 0 Å². The predicted molar refractivity (Wildman–Crippen MR) is 108 cm³/mol. The molecule has 148 valence electrons. The highest BCUT2D eigenvalue weighted by Gasteiger charge is 2.33. The monoisotopic (exact) mass is 382 g/mol. The van der Waals surface area contributed by atoms with E-state index in [1.165, 1.54) is 12.1 Å². The summed E-state index contributed by atoms with van der Waals surface area (Å²) >= 11 is 0. The normalized spacial score (nSPS) is 20.5. The number of hydrogen-bond donors (Lipinski definition) is 1. The molecule has 5 nitrogen and oxygen atoms in total. The van der Waals surface area contributed by atoms with Crippen LogP contribution in [0.2, 0.25) is 0 Å². The Morgan fingerprint density at radius 1 is 1.11 bits per heavy atom. The fourth-order valence-electron chi connectivity index (χ4n) is 4.30. The third kappa shape index (κ3) is 3.81. The van der Waals surface area contributed by atoms with Crippen LogP contribution in [0.1, 0.15) is 5.69 Å². The van der Waals surface area contributed by atoms with Gasteiger partial charge in [0.2, 0.25) is 0 Å². The Hall–Kier alpha value is -2.28. The molecule has 6 heteroatoms. The first-order valence-electron chi connectivity index (χ1n) is 9.75. The van der Waals surface area contributed by atoms with Crippen molar-refractivity contribution >= 4 is 5.65 Å². The van der Waals surface area contributed by atoms with Crippen LogP contribution in [0, 0.1) is 17.7 Å². The molecule has 0 bridgehead atoms. The van der Waals surface area contributed by atoms with E-state index in [0.717, 1.165) is 48.8 Å². The lowest BCUT2D eigenvalue weighted by Gasteiger charge is -2.20. The molecule has 1 fully saturated rings. The van der Waals surface area contributed by atoms with Gasteiger partial charge in [-0.25, -0.2) is 9.37 Å². The van der Waals surface area contributed by atoms with Crippen LogP contribution in [0.15, 0.2) is 48.7 Å². The summed E-state index contributed by atoms with van der Waals surface area (Å²) in [5.41, 5.74) is 3.80. The lowest BCUT2D eigenvalue weighted by Crippen LogP contribution is -2.28. The van der Waals surface area contributed by atoms with Crippen molar-refractivity contribution in [1.29, 1.82) is 0 Å². The van der Waals surface area contributed by atoms with Gasteiger partial charge in [-0.2, -0.15) is 0 Å². The van der Waals surface area contributed by atoms with Gasteiger partial charge in [0, 0.05) is 44.5 Å². The number of aliphatic hydroxyl groups excluding tert-OH is 1. The topological polar surface area (TPSA) is 44.0 Å². The Bertz CT molecular complexity index is 937. The first-order chi connectivity index (χ1) is 13.5. The number of halogens is 1. The average molecular weight is 382 g/mol. The van der Waals surface area contributed by atoms with Crippen LogP contribution < -0.4 is 0 Å². The number of likely N-dealkylation sites (tertiary alicyclic amines) is 1. The van der Waals surface area contributed by atoms with Gasteiger partial charge in [0.1, 0.15) is 11.5 Å². The van der Waals surface area contributed by atoms with E-state index in [1.54, 1.807) is 12.1 Å². The first-order valence-corrected chi connectivity index (χ1v) is 9.75. The number of imidazole rings is 1. The molecule has 1 aliphatic heterocycles. The average Bonchev–Trinajstić information content (AvgIpc) is 3.23. The summed E-state index contributed by atoms with van der Waals surface area (Å²) in [6, 6.07) is 12.5. The first kappa shape index (κ1) is 19.1. The largest absolute Gasteiger partial charge is 0.396 e. The molecule has 4 rings (SSSR count). The van der Waals surface area contributed by atoms with E-state index in [-0.39, 0.29) is 18.3 Å². The Balaban J connectivity index is 1.66. The van der Waals surface area contributed by atoms with E-state index in [4.69, 9.17) is 4.98 Å². The molecule has 1 N–H and O–H groups in total. The standard InChI is InChI=1S/C22H27FN4O/c1-25(2)11-17-12-26(13-18(17)15-28)14-20-22(16-6-8-19(23)9-7-16)24-21-5-3-4-10-27(20)21/h3-10,17-18,28H,11-15H2,1-2H3/t17-,18-/m1/s1. The zero-order valence-electron chi connectivity index (χ0n) is 16.4. The van der Waals surface area contributed by atoms with Crippen molar-refractivity contribution in [3.63, 3.8) is 0 Å². The Labute approximate surface area is 165 Å². The molecule has 1 aliphatic rings. The number of benzene rings is 1. The number of aromatic nitrogens is 2. The number of hydrogen-bond acceptors (Lipinski definition) is 4. The third-order valence-corrected chi connectivity index (χ3v) is 5.61. The van der Waals surface area contributed by atoms with Gasteiger partial charge in [-0.3, -0.25) is 4.90 Å². The molecule has 3 aromatic rings. The summed E-state index contributed by atoms with van der Waals surface area (Å²) < 4.78 is 15.5. The number of nitrogens with zero attached hydrogens (tertiary/aromatic N) is 4. The second-order valence-corrected chi connectivity index (χ2v) is 8.00. The van der Waals surface area contributed by atoms with E-state index in [2.05, 4.69) is 28.3 Å². The highest BCUT2D eigenvalue weighted by atomic mass is 19.1. The summed E-state index contributed by atoms with van der Waals surface area (Å²) in [6.07, 6.45) is 2.03. The van der Waals surface area contributed by atoms with Gasteiger partial charge < -0.3 is 14.4 Å². The summed E-state index contributed by atoms with van der Waals surface area (Å²) in [6.45, 7) is 3.76. The summed E-state index contributed by atoms with van der Waals surface area (Å²) in [5.74, 6) is 0.496. The molecule has 0 amide bonds. The van der Waals surface area contributed by atoms with Crippen molar-refractivity contribution in [3.05, 3.63) is 60.2 Å². The Kier molecular flexibility index (Phi) is 5.44. The van der Waals surface area contributed by atoms with Gasteiger partial charge in [-0.15, -0.1) is 0 Å². The lowest BCUT2D eigenvalue weighted by atomic mass is 9.97. The summed E-state index contributed by atoms with van der Waals surface area (Å²) in [5, 5.41) is 9.83. The van der Waals surface area contributed by atoms with Crippen molar-refractivity contribution in [1.82, 2.24) is 19.2 Å². The highest BCUT2D eigenvalue weighted by molar-refractivity contribution is 5.66. The van der Waals surface area contributed by atoms with Gasteiger partial charge in [-0.1, -0.05) is 6.07 Å². The van der Waals surface area contributed by atoms with E-state index < -0.39 is 0 Å². The van der Waals surface area contributed by atoms with Crippen LogP contribution in [0.4, 0.5) is 4.39 Å². The van der Waals surface area contributed by atoms with Crippen molar-refractivity contribution < 1.29 is 9.50 Å². The molecule has 3 heterocycles. The minimum Gasteiger partial charge on any atom is -0.396 e. The van der Waals surface area contributed by atoms with E-state index in [9.17, 15) is 9.50 Å². The van der Waals surface area contributed by atoms with Gasteiger partial charge in [-0.05, 0) is 62.3 Å². The molecule has 0 spiro atoms. The molecule has 0 aliphatic carbocycles. The zero-order chi connectivity index (χ0) is 19.7. The lowest BCUT2D eigenvalue weighted by molar-refractivity contribution is 0.183. The smallest absolute Gasteiger partial charge is 0.137 e. The van der Waals surface area contributed by atoms with Gasteiger partial charge in [0.25, 0.3) is 0 Å². The van der Waals surface area contributed by atoms with Gasteiger partial charge >= 0.3 is 0 Å². The van der Waals surface area contributed by atoms with Crippen LogP contribution in [0.5, 0.6) is 0 Å². The maximum absolute atomic E-state index is 13.4. The highest BCUT2D eigenvalue weighted by Crippen LogP contribution is 2.30. The number of pyridine rings is 1. The number of rotatable bonds is 6. The van der Waals surface area contributed by atoms with Crippen molar-refractivity contribution in [2.75, 3.05) is 40.3 Å². The maximum Gasteiger partial charge on any atom is 0.137 e. The van der Waals surface area contributed by atoms with Crippen LogP contribution in [-0.2, 0) is 6.54 Å². The van der Waals surface area contributed by atoms with E-state index in [0.29, 0.717) is 5.92 Å². The van der Waals surface area contributed by atoms with Crippen LogP contribution in [0.25, 0.3) is 16.9 Å². The third-order valence-electron chi connectivity index (χ3n) is 5.61. The molecule has 0 unspecified atom stereocenters. The van der Waals surface area contributed by atoms with Crippen LogP contribution in [0.3, 0.4) is 0 Å². The quantitative estimate of drug-likeness (QED) is 0.712. The van der Waals surface area contributed by atoms with E-state index >= 15 is 0 Å². The van der Waals surface area contributed by atoms with Crippen molar-refractivity contribution in [3.8, 4) is 11.3 Å². The molecule has 1 aromatic carbocycles. The molecule has 2 atom stereocenters. The fourth-order valence-corrected chi connectivity index (χ4v) is 4.30. The minimum absolute atomic E-state index is 0.215. The Morgan fingerprint density at radius 3 is 2.57 bits per heavy atom.